The van der Waals surface area contributed by atoms with Crippen LogP contribution in [0.4, 0.5) is 5.69 Å². The summed E-state index contributed by atoms with van der Waals surface area (Å²) in [6.45, 7) is 11.3. The number of aromatic amines is 1. The van der Waals surface area contributed by atoms with Gasteiger partial charge in [0, 0.05) is 41.6 Å². The molecular formula is C31H39N3O2S. The van der Waals surface area contributed by atoms with Crippen LogP contribution >= 0.6 is 11.8 Å². The van der Waals surface area contributed by atoms with E-state index in [2.05, 4.69) is 66.3 Å². The molecule has 0 aliphatic carbocycles. The van der Waals surface area contributed by atoms with Gasteiger partial charge in [-0.2, -0.15) is 11.8 Å². The summed E-state index contributed by atoms with van der Waals surface area (Å²) in [6.07, 6.45) is 3.31. The maximum atomic E-state index is 13.6. The van der Waals surface area contributed by atoms with Crippen LogP contribution in [-0.2, 0) is 13.0 Å². The van der Waals surface area contributed by atoms with Crippen molar-refractivity contribution in [2.75, 3.05) is 23.0 Å². The molecule has 5 nitrogen and oxygen atoms in total. The Balaban J connectivity index is 1.73. The zero-order chi connectivity index (χ0) is 26.5. The average molecular weight is 518 g/mol. The normalized spacial score (nSPS) is 14.0. The van der Waals surface area contributed by atoms with E-state index in [0.29, 0.717) is 17.2 Å². The fraction of sp³-hybridized carbons (Fsp3) is 0.419. The molecule has 6 heteroatoms. The van der Waals surface area contributed by atoms with Gasteiger partial charge in [0.1, 0.15) is 0 Å². The number of hydrogen-bond acceptors (Lipinski definition) is 4. The number of thioether (sulfide) groups is 1. The van der Waals surface area contributed by atoms with Crippen molar-refractivity contribution in [2.24, 2.45) is 0 Å². The van der Waals surface area contributed by atoms with Crippen molar-refractivity contribution in [3.63, 3.8) is 0 Å². The zero-order valence-corrected chi connectivity index (χ0v) is 23.6. The van der Waals surface area contributed by atoms with E-state index in [1.807, 2.05) is 37.7 Å². The number of aryl methyl sites for hydroxylation is 3. The molecule has 1 fully saturated rings. The van der Waals surface area contributed by atoms with Crippen LogP contribution < -0.4 is 15.8 Å². The minimum absolute atomic E-state index is 0.146. The summed E-state index contributed by atoms with van der Waals surface area (Å²) in [5, 5.41) is 3.04. The summed E-state index contributed by atoms with van der Waals surface area (Å²) in [7, 11) is 0. The quantitative estimate of drug-likeness (QED) is 0.374. The third-order valence-corrected chi connectivity index (χ3v) is 8.57. The maximum absolute atomic E-state index is 13.6. The third kappa shape index (κ3) is 6.12. The first-order valence-corrected chi connectivity index (χ1v) is 14.5. The van der Waals surface area contributed by atoms with Crippen molar-refractivity contribution in [3.8, 4) is 11.1 Å². The van der Waals surface area contributed by atoms with Crippen molar-refractivity contribution in [2.45, 2.75) is 66.5 Å². The van der Waals surface area contributed by atoms with E-state index >= 15 is 0 Å². The Hall–Kier alpha value is -2.99. The lowest BCUT2D eigenvalue weighted by molar-refractivity contribution is 0.0950. The molecule has 0 atom stereocenters. The van der Waals surface area contributed by atoms with Crippen LogP contribution in [0.3, 0.4) is 0 Å². The van der Waals surface area contributed by atoms with Crippen molar-refractivity contribution in [3.05, 3.63) is 86.3 Å². The molecule has 196 valence electrons. The summed E-state index contributed by atoms with van der Waals surface area (Å²) in [4.78, 5) is 31.5. The maximum Gasteiger partial charge on any atom is 0.253 e. The smallest absolute Gasteiger partial charge is 0.253 e. The van der Waals surface area contributed by atoms with Gasteiger partial charge in [0.25, 0.3) is 11.5 Å². The SMILES string of the molecule is CCc1ccc(-c2cc(C(=O)NCc3c(C)cc(C)[nH]c3=O)c(C)c(N(CC)C3CCSCC3)c2)cc1. The predicted octanol–water partition coefficient (Wildman–Crippen LogP) is 6.18. The van der Waals surface area contributed by atoms with Crippen molar-refractivity contribution in [1.29, 1.82) is 0 Å². The first-order chi connectivity index (χ1) is 17.8. The summed E-state index contributed by atoms with van der Waals surface area (Å²) < 4.78 is 0. The molecule has 1 aliphatic heterocycles. The number of anilines is 1. The fourth-order valence-electron chi connectivity index (χ4n) is 5.32. The van der Waals surface area contributed by atoms with Crippen LogP contribution in [-0.4, -0.2) is 35.0 Å². The van der Waals surface area contributed by atoms with E-state index in [-0.39, 0.29) is 18.0 Å². The number of H-pyrrole nitrogens is 1. The first-order valence-electron chi connectivity index (χ1n) is 13.4. The van der Waals surface area contributed by atoms with Gasteiger partial charge in [0.05, 0.1) is 0 Å². The van der Waals surface area contributed by atoms with Gasteiger partial charge in [-0.05, 0) is 104 Å². The summed E-state index contributed by atoms with van der Waals surface area (Å²) in [6, 6.07) is 15.3. The Bertz CT molecular complexity index is 1310. The Morgan fingerprint density at radius 2 is 1.73 bits per heavy atom. The second kappa shape index (κ2) is 12.0. The molecule has 2 aromatic carbocycles. The number of pyridine rings is 1. The van der Waals surface area contributed by atoms with Crippen molar-refractivity contribution in [1.82, 2.24) is 10.3 Å². The van der Waals surface area contributed by atoms with Gasteiger partial charge in [-0.3, -0.25) is 9.59 Å². The van der Waals surface area contributed by atoms with Crippen molar-refractivity contribution >= 4 is 23.4 Å². The third-order valence-electron chi connectivity index (χ3n) is 7.52. The second-order valence-electron chi connectivity index (χ2n) is 9.97. The molecule has 37 heavy (non-hydrogen) atoms. The number of carbonyl (C=O) groups is 1. The number of nitrogens with zero attached hydrogens (tertiary/aromatic N) is 1. The highest BCUT2D eigenvalue weighted by Crippen LogP contribution is 2.35. The molecule has 0 radical (unpaired) electrons. The number of aromatic nitrogens is 1. The number of amides is 1. The predicted molar refractivity (Wildman–Crippen MR) is 157 cm³/mol. The van der Waals surface area contributed by atoms with Crippen LogP contribution in [0, 0.1) is 20.8 Å². The molecule has 1 amide bonds. The van der Waals surface area contributed by atoms with Gasteiger partial charge in [-0.15, -0.1) is 0 Å². The topological polar surface area (TPSA) is 65.2 Å². The van der Waals surface area contributed by atoms with E-state index in [9.17, 15) is 9.59 Å². The fourth-order valence-corrected chi connectivity index (χ4v) is 6.40. The van der Waals surface area contributed by atoms with Gasteiger partial charge in [-0.25, -0.2) is 0 Å². The lowest BCUT2D eigenvalue weighted by Gasteiger charge is -2.37. The number of carbonyl (C=O) groups excluding carboxylic acids is 1. The van der Waals surface area contributed by atoms with Crippen LogP contribution in [0.5, 0.6) is 0 Å². The van der Waals surface area contributed by atoms with Gasteiger partial charge in [0.15, 0.2) is 0 Å². The molecule has 1 aromatic heterocycles. The molecule has 0 unspecified atom stereocenters. The van der Waals surface area contributed by atoms with Crippen LogP contribution in [0.2, 0.25) is 0 Å². The molecule has 0 saturated carbocycles. The monoisotopic (exact) mass is 517 g/mol. The molecule has 0 bridgehead atoms. The standard InChI is InChI=1S/C31H39N3O2S/c1-6-23-8-10-24(11-9-23)25-17-27(30(35)32-19-28-20(3)16-21(4)33-31(28)36)22(5)29(18-25)34(7-2)26-12-14-37-15-13-26/h8-11,16-18,26H,6-7,12-15,19H2,1-5H3,(H,32,35)(H,33,36). The van der Waals surface area contributed by atoms with E-state index in [4.69, 9.17) is 0 Å². The lowest BCUT2D eigenvalue weighted by atomic mass is 9.95. The molecule has 1 aliphatic rings. The number of hydrogen-bond donors (Lipinski definition) is 2. The highest BCUT2D eigenvalue weighted by Gasteiger charge is 2.25. The molecule has 1 saturated heterocycles. The van der Waals surface area contributed by atoms with Crippen molar-refractivity contribution < 1.29 is 4.79 Å². The Kier molecular flexibility index (Phi) is 8.80. The Morgan fingerprint density at radius 3 is 2.35 bits per heavy atom. The molecule has 0 spiro atoms. The van der Waals surface area contributed by atoms with E-state index < -0.39 is 0 Å². The molecule has 4 rings (SSSR count). The highest BCUT2D eigenvalue weighted by molar-refractivity contribution is 7.99. The van der Waals surface area contributed by atoms with Crippen LogP contribution in [0.1, 0.15) is 65.0 Å². The summed E-state index contributed by atoms with van der Waals surface area (Å²) in [5.41, 5.74) is 8.38. The Morgan fingerprint density at radius 1 is 1.03 bits per heavy atom. The van der Waals surface area contributed by atoms with Gasteiger partial charge in [-0.1, -0.05) is 31.2 Å². The Labute approximate surface area is 225 Å². The van der Waals surface area contributed by atoms with E-state index in [1.54, 1.807) is 0 Å². The zero-order valence-electron chi connectivity index (χ0n) is 22.7. The molecule has 2 heterocycles. The summed E-state index contributed by atoms with van der Waals surface area (Å²) in [5.74, 6) is 2.20. The van der Waals surface area contributed by atoms with Gasteiger partial charge < -0.3 is 15.2 Å². The minimum Gasteiger partial charge on any atom is -0.369 e. The van der Waals surface area contributed by atoms with Gasteiger partial charge >= 0.3 is 0 Å². The van der Waals surface area contributed by atoms with Crippen LogP contribution in [0.15, 0.2) is 47.3 Å². The second-order valence-corrected chi connectivity index (χ2v) is 11.2. The number of benzene rings is 2. The van der Waals surface area contributed by atoms with Crippen LogP contribution in [0.25, 0.3) is 11.1 Å². The first kappa shape index (κ1) is 27.1. The number of nitrogens with one attached hydrogen (secondary N) is 2. The molecular weight excluding hydrogens is 478 g/mol. The molecule has 3 aromatic rings. The number of rotatable bonds is 8. The van der Waals surface area contributed by atoms with E-state index in [1.165, 1.54) is 17.1 Å². The average Bonchev–Trinajstić information content (AvgIpc) is 2.90. The minimum atomic E-state index is -0.152. The summed E-state index contributed by atoms with van der Waals surface area (Å²) >= 11 is 2.03. The van der Waals surface area contributed by atoms with E-state index in [0.717, 1.165) is 59.4 Å². The lowest BCUT2D eigenvalue weighted by Crippen LogP contribution is -2.38. The largest absolute Gasteiger partial charge is 0.369 e. The molecule has 2 N–H and O–H groups in total. The highest BCUT2D eigenvalue weighted by atomic mass is 32.2. The van der Waals surface area contributed by atoms with Gasteiger partial charge in [0.2, 0.25) is 0 Å².